The second-order valence-corrected chi connectivity index (χ2v) is 11.6. The monoisotopic (exact) mass is 552 g/mol. The zero-order valence-electron chi connectivity index (χ0n) is 23.4. The van der Waals surface area contributed by atoms with Crippen LogP contribution in [0.3, 0.4) is 0 Å². The van der Waals surface area contributed by atoms with Gasteiger partial charge < -0.3 is 15.1 Å². The molecular formula is C34H40N4OS. The average Bonchev–Trinajstić information content (AvgIpc) is 3.60. The van der Waals surface area contributed by atoms with Crippen LogP contribution in [0.5, 0.6) is 0 Å². The van der Waals surface area contributed by atoms with Crippen molar-refractivity contribution in [3.63, 3.8) is 0 Å². The zero-order valence-corrected chi connectivity index (χ0v) is 24.3. The molecule has 0 bridgehead atoms. The van der Waals surface area contributed by atoms with Crippen molar-refractivity contribution in [1.82, 2.24) is 15.0 Å². The Morgan fingerprint density at radius 1 is 0.775 bits per heavy atom. The van der Waals surface area contributed by atoms with Crippen LogP contribution in [0.25, 0.3) is 33.6 Å². The Morgan fingerprint density at radius 2 is 1.48 bits per heavy atom. The number of anilines is 1. The van der Waals surface area contributed by atoms with Crippen LogP contribution in [0.1, 0.15) is 76.2 Å². The van der Waals surface area contributed by atoms with Gasteiger partial charge in [0, 0.05) is 16.9 Å². The number of rotatable bonds is 15. The van der Waals surface area contributed by atoms with Crippen molar-refractivity contribution in [2.45, 2.75) is 75.8 Å². The highest BCUT2D eigenvalue weighted by molar-refractivity contribution is 7.99. The smallest absolute Gasteiger partial charge is 0.292 e. The number of fused-ring (bicyclic) bond motifs is 1. The molecule has 0 aliphatic heterocycles. The Kier molecular flexibility index (Phi) is 9.97. The Morgan fingerprint density at radius 3 is 2.20 bits per heavy atom. The number of nitrogens with two attached hydrogens (primary N) is 1. The third-order valence-electron chi connectivity index (χ3n) is 7.54. The van der Waals surface area contributed by atoms with Gasteiger partial charge in [-0.25, -0.2) is 4.98 Å². The molecule has 0 fully saturated rings. The lowest BCUT2D eigenvalue weighted by Gasteiger charge is -2.18. The van der Waals surface area contributed by atoms with Crippen LogP contribution in [-0.2, 0) is 0 Å². The van der Waals surface area contributed by atoms with Crippen molar-refractivity contribution in [2.24, 2.45) is 0 Å². The Bertz CT molecular complexity index is 1400. The molecule has 40 heavy (non-hydrogen) atoms. The number of hydrogen-bond donors (Lipinski definition) is 2. The van der Waals surface area contributed by atoms with Crippen LogP contribution >= 0.6 is 11.8 Å². The largest absolute Gasteiger partial charge is 0.424 e. The molecule has 0 saturated carbocycles. The average molecular weight is 553 g/mol. The van der Waals surface area contributed by atoms with Gasteiger partial charge in [0.25, 0.3) is 6.01 Å². The van der Waals surface area contributed by atoms with Crippen molar-refractivity contribution in [3.05, 3.63) is 84.4 Å². The van der Waals surface area contributed by atoms with Gasteiger partial charge >= 0.3 is 0 Å². The molecule has 3 N–H and O–H groups in total. The van der Waals surface area contributed by atoms with Gasteiger partial charge in [-0.2, -0.15) is 4.98 Å². The molecule has 1 unspecified atom stereocenters. The first-order chi connectivity index (χ1) is 19.7. The van der Waals surface area contributed by atoms with Gasteiger partial charge in [-0.15, -0.1) is 0 Å². The van der Waals surface area contributed by atoms with Crippen molar-refractivity contribution < 1.29 is 4.42 Å². The minimum Gasteiger partial charge on any atom is -0.424 e. The van der Waals surface area contributed by atoms with Gasteiger partial charge in [-0.1, -0.05) is 130 Å². The van der Waals surface area contributed by atoms with E-state index in [4.69, 9.17) is 15.1 Å². The second kappa shape index (κ2) is 14.2. The van der Waals surface area contributed by atoms with Gasteiger partial charge in [0.15, 0.2) is 10.7 Å². The van der Waals surface area contributed by atoms with E-state index in [2.05, 4.69) is 83.6 Å². The summed E-state index contributed by atoms with van der Waals surface area (Å²) in [6, 6.07) is 27.4. The fraction of sp³-hybridized carbons (Fsp3) is 0.353. The molecule has 0 aliphatic carbocycles. The standard InChI is InChI=1S/C34H40N4OS/c1-2-3-4-8-16-25(28-22-15-23-29-32(28)36-33(35)39-29)17-13-7-14-24-40-34-37-30(26-18-9-5-10-19-26)31(38-34)27-20-11-6-12-21-27/h5-6,9-12,15,18-23,25H,2-4,7-8,13-14,16-17,24H2,1H3,(H2,35,36)(H,37,38). The summed E-state index contributed by atoms with van der Waals surface area (Å²) in [5.74, 6) is 1.54. The molecule has 0 radical (unpaired) electrons. The molecule has 208 valence electrons. The molecule has 5 nitrogen and oxygen atoms in total. The van der Waals surface area contributed by atoms with E-state index in [1.165, 1.54) is 56.9 Å². The number of hydrogen-bond acceptors (Lipinski definition) is 5. The third kappa shape index (κ3) is 7.16. The van der Waals surface area contributed by atoms with Crippen LogP contribution < -0.4 is 5.73 Å². The lowest BCUT2D eigenvalue weighted by atomic mass is 9.87. The topological polar surface area (TPSA) is 80.7 Å². The van der Waals surface area contributed by atoms with Crippen molar-refractivity contribution in [2.75, 3.05) is 11.5 Å². The van der Waals surface area contributed by atoms with Crippen LogP contribution in [0, 0.1) is 0 Å². The van der Waals surface area contributed by atoms with E-state index in [0.29, 0.717) is 5.92 Å². The SMILES string of the molecule is CCCCCCC(CCCCCSc1nc(-c2ccccc2)c(-c2ccccc2)[nH]1)c1cccc2oc(N)nc12. The summed E-state index contributed by atoms with van der Waals surface area (Å²) in [7, 11) is 0. The summed E-state index contributed by atoms with van der Waals surface area (Å²) in [5.41, 5.74) is 13.3. The predicted octanol–water partition coefficient (Wildman–Crippen LogP) is 9.87. The van der Waals surface area contributed by atoms with E-state index >= 15 is 0 Å². The number of aromatic amines is 1. The van der Waals surface area contributed by atoms with E-state index in [1.807, 2.05) is 23.9 Å². The number of aromatic nitrogens is 3. The highest BCUT2D eigenvalue weighted by Crippen LogP contribution is 2.35. The van der Waals surface area contributed by atoms with E-state index in [0.717, 1.165) is 50.9 Å². The quantitative estimate of drug-likeness (QED) is 0.0997. The van der Waals surface area contributed by atoms with E-state index in [-0.39, 0.29) is 6.01 Å². The number of thioether (sulfide) groups is 1. The van der Waals surface area contributed by atoms with Gasteiger partial charge in [0.1, 0.15) is 5.52 Å². The molecule has 5 rings (SSSR count). The summed E-state index contributed by atoms with van der Waals surface area (Å²) in [6.45, 7) is 2.27. The van der Waals surface area contributed by atoms with Crippen molar-refractivity contribution in [3.8, 4) is 22.5 Å². The molecule has 2 aromatic heterocycles. The van der Waals surface area contributed by atoms with Crippen LogP contribution in [0.2, 0.25) is 0 Å². The lowest BCUT2D eigenvalue weighted by molar-refractivity contribution is 0.503. The number of nitrogens with zero attached hydrogens (tertiary/aromatic N) is 2. The molecule has 0 amide bonds. The zero-order chi connectivity index (χ0) is 27.6. The number of oxazole rings is 1. The fourth-order valence-corrected chi connectivity index (χ4v) is 6.34. The molecule has 0 aliphatic rings. The lowest BCUT2D eigenvalue weighted by Crippen LogP contribution is -2.01. The van der Waals surface area contributed by atoms with E-state index in [1.54, 1.807) is 0 Å². The van der Waals surface area contributed by atoms with Gasteiger partial charge in [0.2, 0.25) is 0 Å². The van der Waals surface area contributed by atoms with Gasteiger partial charge in [-0.3, -0.25) is 0 Å². The van der Waals surface area contributed by atoms with Crippen molar-refractivity contribution >= 4 is 28.9 Å². The molecule has 0 spiro atoms. The third-order valence-corrected chi connectivity index (χ3v) is 8.50. The number of imidazole rings is 1. The first kappa shape index (κ1) is 28.0. The number of H-pyrrole nitrogens is 1. The summed E-state index contributed by atoms with van der Waals surface area (Å²) < 4.78 is 5.62. The van der Waals surface area contributed by atoms with Crippen LogP contribution in [-0.4, -0.2) is 20.7 Å². The normalized spacial score (nSPS) is 12.2. The Labute approximate surface area is 242 Å². The maximum atomic E-state index is 5.89. The van der Waals surface area contributed by atoms with E-state index < -0.39 is 0 Å². The van der Waals surface area contributed by atoms with Crippen LogP contribution in [0.4, 0.5) is 6.01 Å². The highest BCUT2D eigenvalue weighted by atomic mass is 32.2. The Balaban J connectivity index is 1.18. The molecule has 0 saturated heterocycles. The Hall–Kier alpha value is -3.51. The fourth-order valence-electron chi connectivity index (χ4n) is 5.47. The minimum absolute atomic E-state index is 0.257. The molecule has 5 aromatic rings. The number of nitrogens with one attached hydrogen (secondary N) is 1. The van der Waals surface area contributed by atoms with Crippen molar-refractivity contribution in [1.29, 1.82) is 0 Å². The second-order valence-electron chi connectivity index (χ2n) is 10.5. The first-order valence-corrected chi connectivity index (χ1v) is 15.7. The van der Waals surface area contributed by atoms with Gasteiger partial charge in [-0.05, 0) is 36.8 Å². The summed E-state index contributed by atoms with van der Waals surface area (Å²) in [5, 5.41) is 0.988. The summed E-state index contributed by atoms with van der Waals surface area (Å²) >= 11 is 1.82. The van der Waals surface area contributed by atoms with Gasteiger partial charge in [0.05, 0.1) is 11.4 Å². The minimum atomic E-state index is 0.257. The molecular weight excluding hydrogens is 512 g/mol. The predicted molar refractivity (Wildman–Crippen MR) is 169 cm³/mol. The molecule has 6 heteroatoms. The van der Waals surface area contributed by atoms with Crippen LogP contribution in [0.15, 0.2) is 88.4 Å². The van der Waals surface area contributed by atoms with E-state index in [9.17, 15) is 0 Å². The number of benzene rings is 3. The molecule has 1 atom stereocenters. The summed E-state index contributed by atoms with van der Waals surface area (Å²) in [4.78, 5) is 13.1. The number of para-hydroxylation sites is 1. The number of unbranched alkanes of at least 4 members (excludes halogenated alkanes) is 5. The maximum absolute atomic E-state index is 5.89. The first-order valence-electron chi connectivity index (χ1n) is 14.7. The maximum Gasteiger partial charge on any atom is 0.292 e. The highest BCUT2D eigenvalue weighted by Gasteiger charge is 2.18. The summed E-state index contributed by atoms with van der Waals surface area (Å²) in [6.07, 6.45) is 11.0. The number of nitrogen functional groups attached to an aromatic ring is 1. The molecule has 3 aromatic carbocycles. The molecule has 2 heterocycles.